The van der Waals surface area contributed by atoms with Crippen molar-refractivity contribution in [3.05, 3.63) is 29.3 Å². The van der Waals surface area contributed by atoms with Gasteiger partial charge < -0.3 is 20.1 Å². The highest BCUT2D eigenvalue weighted by atomic mass is 16.5. The first-order valence-corrected chi connectivity index (χ1v) is 12.0. The van der Waals surface area contributed by atoms with E-state index in [1.807, 2.05) is 18.2 Å². The van der Waals surface area contributed by atoms with Gasteiger partial charge in [-0.2, -0.15) is 5.26 Å². The summed E-state index contributed by atoms with van der Waals surface area (Å²) >= 11 is 0. The van der Waals surface area contributed by atoms with Gasteiger partial charge in [0.2, 0.25) is 5.91 Å². The van der Waals surface area contributed by atoms with E-state index in [1.165, 1.54) is 24.8 Å². The molecule has 0 radical (unpaired) electrons. The zero-order chi connectivity index (χ0) is 21.4. The van der Waals surface area contributed by atoms with Crippen molar-refractivity contribution in [2.75, 3.05) is 26.2 Å². The molecule has 0 unspecified atom stereocenters. The van der Waals surface area contributed by atoms with Crippen molar-refractivity contribution >= 4 is 5.91 Å². The molecule has 2 atom stereocenters. The molecule has 2 aliphatic heterocycles. The minimum atomic E-state index is -0.269. The molecule has 0 aromatic heterocycles. The second-order valence-corrected chi connectivity index (χ2v) is 10.1. The molecule has 2 aliphatic carbocycles. The summed E-state index contributed by atoms with van der Waals surface area (Å²) in [6.07, 6.45) is 6.76. The summed E-state index contributed by atoms with van der Waals surface area (Å²) in [6, 6.07) is 8.40. The summed E-state index contributed by atoms with van der Waals surface area (Å²) in [5.41, 5.74) is 1.94. The van der Waals surface area contributed by atoms with Crippen molar-refractivity contribution in [3.8, 4) is 11.8 Å². The molecule has 2 heterocycles. The molecule has 1 saturated heterocycles. The Morgan fingerprint density at radius 2 is 2.03 bits per heavy atom. The molecule has 31 heavy (non-hydrogen) atoms. The van der Waals surface area contributed by atoms with E-state index in [2.05, 4.69) is 16.3 Å². The quantitative estimate of drug-likeness (QED) is 0.761. The van der Waals surface area contributed by atoms with Crippen LogP contribution in [0.4, 0.5) is 0 Å². The molecule has 0 bridgehead atoms. The maximum Gasteiger partial charge on any atom is 0.223 e. The molecule has 166 valence electrons. The third-order valence-corrected chi connectivity index (χ3v) is 8.04. The summed E-state index contributed by atoms with van der Waals surface area (Å²) in [4.78, 5) is 14.8. The summed E-state index contributed by atoms with van der Waals surface area (Å²) in [7, 11) is 0. The number of nitrogens with zero attached hydrogens (tertiary/aromatic N) is 2. The molecule has 1 amide bonds. The van der Waals surface area contributed by atoms with E-state index in [-0.39, 0.29) is 17.9 Å². The Bertz CT molecular complexity index is 852. The molecule has 1 aromatic carbocycles. The Hall–Kier alpha value is -2.10. The van der Waals surface area contributed by atoms with Crippen LogP contribution in [0.1, 0.15) is 62.0 Å². The second-order valence-electron chi connectivity index (χ2n) is 10.1. The normalized spacial score (nSPS) is 34.6. The fraction of sp³-hybridized carbons (Fsp3) is 0.680. The summed E-state index contributed by atoms with van der Waals surface area (Å²) in [5, 5.41) is 21.9. The van der Waals surface area contributed by atoms with Gasteiger partial charge in [-0.15, -0.1) is 0 Å². The first-order valence-electron chi connectivity index (χ1n) is 12.0. The number of hydrogen-bond acceptors (Lipinski definition) is 5. The van der Waals surface area contributed by atoms with Gasteiger partial charge in [0.25, 0.3) is 0 Å². The average molecular weight is 424 g/mol. The minimum Gasteiger partial charge on any atom is -0.493 e. The number of carbonyl (C=O) groups excluding carboxylic acids is 1. The standard InChI is InChI=1S/C25H33N3O3/c26-12-17-3-6-24-22(9-17)23-14-28(13-19(23)15-31-24)8-7-16-1-4-20(5-2-16)27-25(30)18-10-21(29)11-18/h3,6,9,16,18-21,23,29H,1-2,4-5,7-8,10-11,13-15H2,(H,27,30)/t16?,18-,19-,20?,21+,23+/m0/s1. The molecular weight excluding hydrogens is 390 g/mol. The van der Waals surface area contributed by atoms with Crippen molar-refractivity contribution in [1.82, 2.24) is 10.2 Å². The van der Waals surface area contributed by atoms with Gasteiger partial charge in [0, 0.05) is 42.4 Å². The number of benzene rings is 1. The molecule has 5 rings (SSSR count). The van der Waals surface area contributed by atoms with Crippen molar-refractivity contribution < 1.29 is 14.6 Å². The van der Waals surface area contributed by atoms with Gasteiger partial charge in [0.05, 0.1) is 24.3 Å². The van der Waals surface area contributed by atoms with Crippen LogP contribution >= 0.6 is 0 Å². The lowest BCUT2D eigenvalue weighted by Gasteiger charge is -2.34. The second kappa shape index (κ2) is 8.80. The Morgan fingerprint density at radius 3 is 2.77 bits per heavy atom. The third-order valence-electron chi connectivity index (χ3n) is 8.04. The minimum absolute atomic E-state index is 0.0322. The van der Waals surface area contributed by atoms with Gasteiger partial charge in [-0.3, -0.25) is 4.79 Å². The lowest BCUT2D eigenvalue weighted by atomic mass is 9.80. The number of fused-ring (bicyclic) bond motifs is 3. The molecule has 2 N–H and O–H groups in total. The number of carbonyl (C=O) groups is 1. The molecule has 0 spiro atoms. The van der Waals surface area contributed by atoms with Crippen LogP contribution < -0.4 is 10.1 Å². The van der Waals surface area contributed by atoms with Gasteiger partial charge in [0.1, 0.15) is 5.75 Å². The van der Waals surface area contributed by atoms with Crippen molar-refractivity contribution in [1.29, 1.82) is 5.26 Å². The maximum absolute atomic E-state index is 12.2. The first-order chi connectivity index (χ1) is 15.1. The maximum atomic E-state index is 12.2. The Labute approximate surface area is 184 Å². The molecule has 4 aliphatic rings. The van der Waals surface area contributed by atoms with E-state index < -0.39 is 0 Å². The summed E-state index contributed by atoms with van der Waals surface area (Å²) < 4.78 is 5.97. The monoisotopic (exact) mass is 423 g/mol. The van der Waals surface area contributed by atoms with Crippen LogP contribution in [0.3, 0.4) is 0 Å². The van der Waals surface area contributed by atoms with Crippen LogP contribution in [0.5, 0.6) is 5.75 Å². The van der Waals surface area contributed by atoms with E-state index in [4.69, 9.17) is 4.74 Å². The summed E-state index contributed by atoms with van der Waals surface area (Å²) in [6.45, 7) is 4.05. The Balaban J connectivity index is 1.07. The zero-order valence-corrected chi connectivity index (χ0v) is 18.1. The van der Waals surface area contributed by atoms with Crippen LogP contribution in [-0.2, 0) is 4.79 Å². The lowest BCUT2D eigenvalue weighted by molar-refractivity contribution is -0.132. The predicted octanol–water partition coefficient (Wildman–Crippen LogP) is 2.80. The van der Waals surface area contributed by atoms with Crippen molar-refractivity contribution in [3.63, 3.8) is 0 Å². The predicted molar refractivity (Wildman–Crippen MR) is 117 cm³/mol. The van der Waals surface area contributed by atoms with Crippen molar-refractivity contribution in [2.45, 2.75) is 63.0 Å². The third kappa shape index (κ3) is 4.44. The fourth-order valence-electron chi connectivity index (χ4n) is 5.98. The smallest absolute Gasteiger partial charge is 0.223 e. The molecule has 1 aromatic rings. The Morgan fingerprint density at radius 1 is 1.23 bits per heavy atom. The van der Waals surface area contributed by atoms with E-state index in [9.17, 15) is 15.2 Å². The summed E-state index contributed by atoms with van der Waals surface area (Å²) in [5.74, 6) is 2.89. The highest BCUT2D eigenvalue weighted by Gasteiger charge is 2.39. The van der Waals surface area contributed by atoms with E-state index >= 15 is 0 Å². The Kier molecular flexibility index (Phi) is 5.90. The largest absolute Gasteiger partial charge is 0.493 e. The van der Waals surface area contributed by atoms with Crippen LogP contribution in [0.25, 0.3) is 0 Å². The number of nitrogens with one attached hydrogen (secondary N) is 1. The number of aliphatic hydroxyl groups excluding tert-OH is 1. The van der Waals surface area contributed by atoms with Gasteiger partial charge >= 0.3 is 0 Å². The number of hydrogen-bond donors (Lipinski definition) is 2. The van der Waals surface area contributed by atoms with E-state index in [1.54, 1.807) is 0 Å². The zero-order valence-electron chi connectivity index (χ0n) is 18.1. The molecule has 6 nitrogen and oxygen atoms in total. The van der Waals surface area contributed by atoms with Gasteiger partial charge in [0.15, 0.2) is 0 Å². The fourth-order valence-corrected chi connectivity index (χ4v) is 5.98. The van der Waals surface area contributed by atoms with Crippen LogP contribution in [0, 0.1) is 29.1 Å². The SMILES string of the molecule is N#Cc1ccc2c(c1)[C@@H]1CN(CCC3CCC(NC(=O)[C@H]4C[C@@H](O)C4)CC3)C[C@H]1CO2. The van der Waals surface area contributed by atoms with Crippen LogP contribution in [-0.4, -0.2) is 54.3 Å². The first kappa shape index (κ1) is 20.8. The van der Waals surface area contributed by atoms with Crippen LogP contribution in [0.15, 0.2) is 18.2 Å². The highest BCUT2D eigenvalue weighted by Crippen LogP contribution is 2.42. The average Bonchev–Trinajstić information content (AvgIpc) is 3.19. The molecule has 2 saturated carbocycles. The highest BCUT2D eigenvalue weighted by molar-refractivity contribution is 5.79. The van der Waals surface area contributed by atoms with Gasteiger partial charge in [-0.25, -0.2) is 0 Å². The topological polar surface area (TPSA) is 85.6 Å². The number of rotatable bonds is 5. The number of nitriles is 1. The number of ether oxygens (including phenoxy) is 1. The molecular formula is C25H33N3O3. The van der Waals surface area contributed by atoms with Gasteiger partial charge in [-0.05, 0) is 75.6 Å². The van der Waals surface area contributed by atoms with Crippen LogP contribution in [0.2, 0.25) is 0 Å². The van der Waals surface area contributed by atoms with Gasteiger partial charge in [-0.1, -0.05) is 0 Å². The van der Waals surface area contributed by atoms with Crippen molar-refractivity contribution in [2.24, 2.45) is 17.8 Å². The number of aliphatic hydroxyl groups is 1. The molecule has 3 fully saturated rings. The molecule has 6 heteroatoms. The number of likely N-dealkylation sites (tertiary alicyclic amines) is 1. The van der Waals surface area contributed by atoms with E-state index in [0.29, 0.717) is 30.7 Å². The van der Waals surface area contributed by atoms with E-state index in [0.717, 1.165) is 56.3 Å². The lowest BCUT2D eigenvalue weighted by Crippen LogP contribution is -2.46. The number of amides is 1.